The number of rotatable bonds is 3. The molecular weight excluding hydrogens is 332 g/mol. The molecule has 136 valence electrons. The van der Waals surface area contributed by atoms with Crippen LogP contribution >= 0.6 is 11.8 Å². The summed E-state index contributed by atoms with van der Waals surface area (Å²) in [5.74, 6) is 1.79. The number of piperidine rings is 1. The van der Waals surface area contributed by atoms with Crippen LogP contribution in [-0.4, -0.2) is 51.9 Å². The summed E-state index contributed by atoms with van der Waals surface area (Å²) in [4.78, 5) is 29.4. The lowest BCUT2D eigenvalue weighted by atomic mass is 9.99. The molecule has 4 nitrogen and oxygen atoms in total. The Morgan fingerprint density at radius 2 is 1.84 bits per heavy atom. The Morgan fingerprint density at radius 3 is 2.48 bits per heavy atom. The summed E-state index contributed by atoms with van der Waals surface area (Å²) in [5, 5.41) is 0. The molecule has 0 bridgehead atoms. The summed E-state index contributed by atoms with van der Waals surface area (Å²) >= 11 is 1.91. The molecule has 2 amide bonds. The maximum atomic E-state index is 12.8. The van der Waals surface area contributed by atoms with Crippen molar-refractivity contribution in [1.82, 2.24) is 9.80 Å². The predicted octanol–water partition coefficient (Wildman–Crippen LogP) is 3.55. The topological polar surface area (TPSA) is 40.6 Å². The van der Waals surface area contributed by atoms with Gasteiger partial charge in [-0.05, 0) is 37.3 Å². The molecule has 1 aromatic carbocycles. The number of thioether (sulfide) groups is 1. The lowest BCUT2D eigenvalue weighted by Crippen LogP contribution is -2.53. The molecule has 0 unspecified atom stereocenters. The highest BCUT2D eigenvalue weighted by Crippen LogP contribution is 2.44. The Hall–Kier alpha value is -1.49. The van der Waals surface area contributed by atoms with E-state index in [2.05, 4.69) is 18.7 Å². The molecule has 2 fully saturated rings. The van der Waals surface area contributed by atoms with Gasteiger partial charge in [0.05, 0.1) is 4.87 Å². The van der Waals surface area contributed by atoms with Gasteiger partial charge in [-0.2, -0.15) is 0 Å². The van der Waals surface area contributed by atoms with Crippen LogP contribution in [-0.2, 0) is 4.79 Å². The number of carbonyl (C=O) groups is 2. The first-order valence-electron chi connectivity index (χ1n) is 9.22. The Kier molecular flexibility index (Phi) is 5.42. The Morgan fingerprint density at radius 1 is 1.16 bits per heavy atom. The number of nitrogens with zero attached hydrogens (tertiary/aromatic N) is 2. The first kappa shape index (κ1) is 18.3. The van der Waals surface area contributed by atoms with Gasteiger partial charge in [0.15, 0.2) is 0 Å². The molecule has 0 saturated carbocycles. The smallest absolute Gasteiger partial charge is 0.254 e. The van der Waals surface area contributed by atoms with Crippen LogP contribution < -0.4 is 0 Å². The molecule has 0 radical (unpaired) electrons. The highest BCUT2D eigenvalue weighted by atomic mass is 32.2. The predicted molar refractivity (Wildman–Crippen MR) is 103 cm³/mol. The van der Waals surface area contributed by atoms with Crippen molar-refractivity contribution in [3.63, 3.8) is 0 Å². The van der Waals surface area contributed by atoms with Gasteiger partial charge in [-0.1, -0.05) is 32.0 Å². The summed E-state index contributed by atoms with van der Waals surface area (Å²) in [6.07, 6.45) is 2.37. The number of hydrogen-bond donors (Lipinski definition) is 0. The van der Waals surface area contributed by atoms with Crippen LogP contribution in [0, 0.1) is 12.8 Å². The summed E-state index contributed by atoms with van der Waals surface area (Å²) < 4.78 is 0. The van der Waals surface area contributed by atoms with Crippen molar-refractivity contribution in [2.75, 3.05) is 25.4 Å². The minimum Gasteiger partial charge on any atom is -0.338 e. The van der Waals surface area contributed by atoms with Crippen molar-refractivity contribution in [3.8, 4) is 0 Å². The third-order valence-corrected chi connectivity index (χ3v) is 6.82. The standard InChI is InChI=1S/C20H28N2O2S/c1-15(2)14-18(23)22-12-13-25-20(22)8-10-21(11-9-20)19(24)17-7-5-4-6-16(17)3/h4-7,15H,8-14H2,1-3H3. The fourth-order valence-corrected chi connectivity index (χ4v) is 5.35. The van der Waals surface area contributed by atoms with Crippen molar-refractivity contribution >= 4 is 23.6 Å². The van der Waals surface area contributed by atoms with Crippen molar-refractivity contribution in [1.29, 1.82) is 0 Å². The number of carbonyl (C=O) groups excluding carboxylic acids is 2. The van der Waals surface area contributed by atoms with Gasteiger partial charge in [0.1, 0.15) is 0 Å². The molecule has 5 heteroatoms. The molecule has 1 aromatic rings. The second kappa shape index (κ2) is 7.40. The van der Waals surface area contributed by atoms with E-state index in [0.717, 1.165) is 49.4 Å². The summed E-state index contributed by atoms with van der Waals surface area (Å²) in [7, 11) is 0. The molecule has 0 aromatic heterocycles. The van der Waals surface area contributed by atoms with Gasteiger partial charge < -0.3 is 9.80 Å². The molecule has 0 N–H and O–H groups in total. The van der Waals surface area contributed by atoms with Gasteiger partial charge in [-0.15, -0.1) is 11.8 Å². The van der Waals surface area contributed by atoms with Gasteiger partial charge in [0.2, 0.25) is 5.91 Å². The second-order valence-electron chi connectivity index (χ2n) is 7.55. The van der Waals surface area contributed by atoms with E-state index in [-0.39, 0.29) is 16.7 Å². The van der Waals surface area contributed by atoms with Gasteiger partial charge in [0.25, 0.3) is 5.91 Å². The maximum Gasteiger partial charge on any atom is 0.254 e. The lowest BCUT2D eigenvalue weighted by molar-refractivity contribution is -0.135. The molecule has 0 atom stereocenters. The Balaban J connectivity index is 1.67. The first-order valence-corrected chi connectivity index (χ1v) is 10.2. The van der Waals surface area contributed by atoms with Crippen LogP contribution in [0.1, 0.15) is 49.0 Å². The summed E-state index contributed by atoms with van der Waals surface area (Å²) in [5.41, 5.74) is 1.82. The second-order valence-corrected chi connectivity index (χ2v) is 9.00. The van der Waals surface area contributed by atoms with Crippen LogP contribution in [0.4, 0.5) is 0 Å². The largest absolute Gasteiger partial charge is 0.338 e. The third-order valence-electron chi connectivity index (χ3n) is 5.27. The molecule has 2 aliphatic heterocycles. The fourth-order valence-electron chi connectivity index (χ4n) is 3.88. The molecule has 2 heterocycles. The van der Waals surface area contributed by atoms with E-state index in [4.69, 9.17) is 0 Å². The number of amides is 2. The van der Waals surface area contributed by atoms with Crippen LogP contribution in [0.3, 0.4) is 0 Å². The third kappa shape index (κ3) is 3.71. The first-order chi connectivity index (χ1) is 11.9. The number of benzene rings is 1. The van der Waals surface area contributed by atoms with Crippen molar-refractivity contribution in [3.05, 3.63) is 35.4 Å². The van der Waals surface area contributed by atoms with E-state index in [9.17, 15) is 9.59 Å². The minimum absolute atomic E-state index is 0.0888. The number of aryl methyl sites for hydroxylation is 1. The van der Waals surface area contributed by atoms with Crippen LogP contribution in [0.2, 0.25) is 0 Å². The molecule has 3 rings (SSSR count). The van der Waals surface area contributed by atoms with Crippen LogP contribution in [0.15, 0.2) is 24.3 Å². The van der Waals surface area contributed by atoms with Gasteiger partial charge >= 0.3 is 0 Å². The van der Waals surface area contributed by atoms with Crippen LogP contribution in [0.25, 0.3) is 0 Å². The van der Waals surface area contributed by atoms with Crippen LogP contribution in [0.5, 0.6) is 0 Å². The molecule has 1 spiro atoms. The van der Waals surface area contributed by atoms with Gasteiger partial charge in [0, 0.05) is 37.4 Å². The fraction of sp³-hybridized carbons (Fsp3) is 0.600. The van der Waals surface area contributed by atoms with E-state index in [1.807, 2.05) is 47.9 Å². The average molecular weight is 361 g/mol. The Bertz CT molecular complexity index is 651. The zero-order valence-electron chi connectivity index (χ0n) is 15.5. The molecule has 2 saturated heterocycles. The molecule has 0 aliphatic carbocycles. The zero-order chi connectivity index (χ0) is 18.0. The van der Waals surface area contributed by atoms with Gasteiger partial charge in [-0.25, -0.2) is 0 Å². The number of likely N-dealkylation sites (tertiary alicyclic amines) is 1. The Labute approximate surface area is 154 Å². The summed E-state index contributed by atoms with van der Waals surface area (Å²) in [6, 6.07) is 7.78. The molecule has 2 aliphatic rings. The molecular formula is C20H28N2O2S. The normalized spacial score (nSPS) is 19.7. The van der Waals surface area contributed by atoms with Crippen molar-refractivity contribution in [2.45, 2.75) is 44.9 Å². The summed E-state index contributed by atoms with van der Waals surface area (Å²) in [6.45, 7) is 8.48. The average Bonchev–Trinajstić information content (AvgIpc) is 2.98. The van der Waals surface area contributed by atoms with Gasteiger partial charge in [-0.3, -0.25) is 9.59 Å². The van der Waals surface area contributed by atoms with E-state index in [1.54, 1.807) is 0 Å². The monoisotopic (exact) mass is 360 g/mol. The maximum absolute atomic E-state index is 12.8. The minimum atomic E-state index is -0.0888. The van der Waals surface area contributed by atoms with E-state index < -0.39 is 0 Å². The lowest BCUT2D eigenvalue weighted by Gasteiger charge is -2.44. The van der Waals surface area contributed by atoms with Crippen molar-refractivity contribution < 1.29 is 9.59 Å². The number of hydrogen-bond acceptors (Lipinski definition) is 3. The van der Waals surface area contributed by atoms with E-state index in [1.165, 1.54) is 0 Å². The zero-order valence-corrected chi connectivity index (χ0v) is 16.3. The quantitative estimate of drug-likeness (QED) is 0.828. The highest BCUT2D eigenvalue weighted by molar-refractivity contribution is 8.00. The molecule has 25 heavy (non-hydrogen) atoms. The van der Waals surface area contributed by atoms with Crippen molar-refractivity contribution in [2.24, 2.45) is 5.92 Å². The highest BCUT2D eigenvalue weighted by Gasteiger charge is 2.46. The SMILES string of the molecule is Cc1ccccc1C(=O)N1CCC2(CC1)SCCN2C(=O)CC(C)C. The van der Waals surface area contributed by atoms with E-state index >= 15 is 0 Å². The van der Waals surface area contributed by atoms with E-state index in [0.29, 0.717) is 12.3 Å².